The molecule has 0 radical (unpaired) electrons. The number of hydrogen-bond donors (Lipinski definition) is 1. The first kappa shape index (κ1) is 9.22. The highest BCUT2D eigenvalue weighted by Gasteiger charge is 2.06. The fourth-order valence-electron chi connectivity index (χ4n) is 0.840. The average molecular weight is 170 g/mol. The molecule has 0 spiro atoms. The molecule has 1 aromatic rings. The molecule has 1 aromatic heterocycles. The minimum atomic E-state index is -0.0891. The van der Waals surface area contributed by atoms with Crippen LogP contribution < -0.4 is 5.73 Å². The summed E-state index contributed by atoms with van der Waals surface area (Å²) in [6.07, 6.45) is 2.36. The molecule has 0 saturated heterocycles. The lowest BCUT2D eigenvalue weighted by Crippen LogP contribution is -2.02. The van der Waals surface area contributed by atoms with Crippen LogP contribution >= 0.6 is 0 Å². The summed E-state index contributed by atoms with van der Waals surface area (Å²) in [6, 6.07) is -0.0891. The fourth-order valence-corrected chi connectivity index (χ4v) is 0.840. The van der Waals surface area contributed by atoms with Crippen LogP contribution in [-0.2, 0) is 11.2 Å². The van der Waals surface area contributed by atoms with Gasteiger partial charge in [0.15, 0.2) is 5.89 Å². The van der Waals surface area contributed by atoms with Gasteiger partial charge in [-0.3, -0.25) is 0 Å². The van der Waals surface area contributed by atoms with Crippen LogP contribution in [0.25, 0.3) is 0 Å². The molecular formula is C8H14N2O2. The van der Waals surface area contributed by atoms with Crippen LogP contribution in [0.5, 0.6) is 0 Å². The zero-order chi connectivity index (χ0) is 8.97. The normalized spacial score (nSPS) is 13.2. The Balaban J connectivity index is 2.52. The molecule has 0 saturated carbocycles. The smallest absolute Gasteiger partial charge is 0.196 e. The third-order valence-electron chi connectivity index (χ3n) is 1.54. The summed E-state index contributed by atoms with van der Waals surface area (Å²) in [5.74, 6) is 1.41. The summed E-state index contributed by atoms with van der Waals surface area (Å²) in [5.41, 5.74) is 5.59. The number of oxazole rings is 1. The Morgan fingerprint density at radius 1 is 1.75 bits per heavy atom. The Bertz CT molecular complexity index is 233. The van der Waals surface area contributed by atoms with Crippen LogP contribution in [0.15, 0.2) is 10.6 Å². The van der Waals surface area contributed by atoms with E-state index in [1.807, 2.05) is 6.92 Å². The van der Waals surface area contributed by atoms with E-state index in [0.29, 0.717) is 18.9 Å². The molecule has 0 aliphatic carbocycles. The summed E-state index contributed by atoms with van der Waals surface area (Å²) in [5, 5.41) is 0. The van der Waals surface area contributed by atoms with Crippen molar-refractivity contribution in [3.8, 4) is 0 Å². The summed E-state index contributed by atoms with van der Waals surface area (Å²) >= 11 is 0. The number of ether oxygens (including phenoxy) is 1. The Hall–Kier alpha value is -0.870. The van der Waals surface area contributed by atoms with E-state index in [4.69, 9.17) is 14.9 Å². The number of nitrogens with two attached hydrogens (primary N) is 1. The standard InChI is InChI=1S/C8H14N2O2/c1-6(9)7-5-10-8(12-7)3-4-11-2/h5-6H,3-4,9H2,1-2H3. The van der Waals surface area contributed by atoms with Gasteiger partial charge in [0.25, 0.3) is 0 Å². The highest BCUT2D eigenvalue weighted by atomic mass is 16.5. The summed E-state index contributed by atoms with van der Waals surface area (Å²) in [7, 11) is 1.65. The first-order valence-electron chi connectivity index (χ1n) is 3.93. The van der Waals surface area contributed by atoms with Gasteiger partial charge < -0.3 is 14.9 Å². The molecule has 4 nitrogen and oxygen atoms in total. The molecule has 0 aliphatic heterocycles. The van der Waals surface area contributed by atoms with E-state index >= 15 is 0 Å². The molecule has 0 aliphatic rings. The highest BCUT2D eigenvalue weighted by molar-refractivity contribution is 4.98. The van der Waals surface area contributed by atoms with Gasteiger partial charge in [-0.2, -0.15) is 0 Å². The number of nitrogens with zero attached hydrogens (tertiary/aromatic N) is 1. The molecule has 0 bridgehead atoms. The maximum absolute atomic E-state index is 5.59. The molecular weight excluding hydrogens is 156 g/mol. The van der Waals surface area contributed by atoms with Crippen molar-refractivity contribution in [2.75, 3.05) is 13.7 Å². The minimum Gasteiger partial charge on any atom is -0.444 e. The second kappa shape index (κ2) is 4.23. The molecule has 1 rings (SSSR count). The van der Waals surface area contributed by atoms with Crippen LogP contribution in [0.2, 0.25) is 0 Å². The SMILES string of the molecule is COCCc1ncc(C(C)N)o1. The van der Waals surface area contributed by atoms with Gasteiger partial charge in [0.05, 0.1) is 18.8 Å². The van der Waals surface area contributed by atoms with Gasteiger partial charge >= 0.3 is 0 Å². The van der Waals surface area contributed by atoms with Crippen molar-refractivity contribution in [3.63, 3.8) is 0 Å². The first-order valence-corrected chi connectivity index (χ1v) is 3.93. The van der Waals surface area contributed by atoms with Crippen LogP contribution in [0, 0.1) is 0 Å². The lowest BCUT2D eigenvalue weighted by molar-refractivity contribution is 0.194. The van der Waals surface area contributed by atoms with Gasteiger partial charge in [-0.25, -0.2) is 4.98 Å². The fraction of sp³-hybridized carbons (Fsp3) is 0.625. The predicted octanol–water partition coefficient (Wildman–Crippen LogP) is 0.883. The van der Waals surface area contributed by atoms with E-state index in [1.54, 1.807) is 13.3 Å². The third kappa shape index (κ3) is 2.32. The first-order chi connectivity index (χ1) is 5.74. The molecule has 0 aromatic carbocycles. The Morgan fingerprint density at radius 3 is 3.00 bits per heavy atom. The second-order valence-corrected chi connectivity index (χ2v) is 2.69. The van der Waals surface area contributed by atoms with Crippen molar-refractivity contribution in [1.29, 1.82) is 0 Å². The van der Waals surface area contributed by atoms with Gasteiger partial charge in [-0.1, -0.05) is 0 Å². The minimum absolute atomic E-state index is 0.0891. The number of rotatable bonds is 4. The van der Waals surface area contributed by atoms with Crippen molar-refractivity contribution in [2.24, 2.45) is 5.73 Å². The van der Waals surface area contributed by atoms with E-state index < -0.39 is 0 Å². The molecule has 0 fully saturated rings. The Kier molecular flexibility index (Phi) is 3.25. The van der Waals surface area contributed by atoms with Crippen molar-refractivity contribution < 1.29 is 9.15 Å². The Morgan fingerprint density at radius 2 is 2.50 bits per heavy atom. The molecule has 4 heteroatoms. The molecule has 2 N–H and O–H groups in total. The number of methoxy groups -OCH3 is 1. The lowest BCUT2D eigenvalue weighted by atomic mass is 10.3. The van der Waals surface area contributed by atoms with E-state index in [9.17, 15) is 0 Å². The number of hydrogen-bond acceptors (Lipinski definition) is 4. The maximum atomic E-state index is 5.59. The third-order valence-corrected chi connectivity index (χ3v) is 1.54. The maximum Gasteiger partial charge on any atom is 0.196 e. The van der Waals surface area contributed by atoms with Crippen molar-refractivity contribution in [3.05, 3.63) is 17.8 Å². The highest BCUT2D eigenvalue weighted by Crippen LogP contribution is 2.10. The van der Waals surface area contributed by atoms with E-state index in [0.717, 1.165) is 5.76 Å². The van der Waals surface area contributed by atoms with Gasteiger partial charge in [0.2, 0.25) is 0 Å². The van der Waals surface area contributed by atoms with E-state index in [2.05, 4.69) is 4.98 Å². The van der Waals surface area contributed by atoms with Crippen molar-refractivity contribution in [2.45, 2.75) is 19.4 Å². The molecule has 1 unspecified atom stereocenters. The lowest BCUT2D eigenvalue weighted by Gasteiger charge is -1.97. The van der Waals surface area contributed by atoms with Crippen LogP contribution in [-0.4, -0.2) is 18.7 Å². The van der Waals surface area contributed by atoms with Gasteiger partial charge in [0, 0.05) is 13.5 Å². The Labute approximate surface area is 71.7 Å². The van der Waals surface area contributed by atoms with Crippen molar-refractivity contribution >= 4 is 0 Å². The molecule has 0 amide bonds. The number of aromatic nitrogens is 1. The summed E-state index contributed by atoms with van der Waals surface area (Å²) in [4.78, 5) is 4.05. The average Bonchev–Trinajstić information content (AvgIpc) is 2.48. The topological polar surface area (TPSA) is 61.3 Å². The predicted molar refractivity (Wildman–Crippen MR) is 44.7 cm³/mol. The van der Waals surface area contributed by atoms with Crippen molar-refractivity contribution in [1.82, 2.24) is 4.98 Å². The zero-order valence-electron chi connectivity index (χ0n) is 7.41. The van der Waals surface area contributed by atoms with Crippen LogP contribution in [0.1, 0.15) is 24.6 Å². The van der Waals surface area contributed by atoms with Gasteiger partial charge in [-0.15, -0.1) is 0 Å². The van der Waals surface area contributed by atoms with E-state index in [-0.39, 0.29) is 6.04 Å². The quantitative estimate of drug-likeness (QED) is 0.728. The molecule has 12 heavy (non-hydrogen) atoms. The molecule has 1 atom stereocenters. The molecule has 1 heterocycles. The van der Waals surface area contributed by atoms with E-state index in [1.165, 1.54) is 0 Å². The van der Waals surface area contributed by atoms with Crippen LogP contribution in [0.4, 0.5) is 0 Å². The van der Waals surface area contributed by atoms with Crippen LogP contribution in [0.3, 0.4) is 0 Å². The molecule has 68 valence electrons. The monoisotopic (exact) mass is 170 g/mol. The second-order valence-electron chi connectivity index (χ2n) is 2.69. The van der Waals surface area contributed by atoms with Gasteiger partial charge in [-0.05, 0) is 6.92 Å². The summed E-state index contributed by atoms with van der Waals surface area (Å²) in [6.45, 7) is 2.49. The largest absolute Gasteiger partial charge is 0.444 e. The van der Waals surface area contributed by atoms with Gasteiger partial charge in [0.1, 0.15) is 5.76 Å². The zero-order valence-corrected chi connectivity index (χ0v) is 7.41. The summed E-state index contributed by atoms with van der Waals surface area (Å²) < 4.78 is 10.2.